The lowest BCUT2D eigenvalue weighted by molar-refractivity contribution is -0.0244. The zero-order valence-corrected chi connectivity index (χ0v) is 10.9. The lowest BCUT2D eigenvalue weighted by atomic mass is 9.99. The van der Waals surface area contributed by atoms with Crippen LogP contribution in [0.5, 0.6) is 0 Å². The number of hydrogen-bond donors (Lipinski definition) is 2. The van der Waals surface area contributed by atoms with Crippen molar-refractivity contribution >= 4 is 0 Å². The van der Waals surface area contributed by atoms with E-state index in [1.807, 2.05) is 27.7 Å². The summed E-state index contributed by atoms with van der Waals surface area (Å²) < 4.78 is 0. The topological polar surface area (TPSA) is 43.7 Å². The van der Waals surface area contributed by atoms with Crippen molar-refractivity contribution < 1.29 is 10.2 Å². The molecule has 0 aromatic carbocycles. The molecule has 2 atom stereocenters. The molecule has 92 valence electrons. The van der Waals surface area contributed by atoms with Crippen molar-refractivity contribution in [1.29, 1.82) is 0 Å². The van der Waals surface area contributed by atoms with Crippen molar-refractivity contribution in [3.8, 4) is 0 Å². The summed E-state index contributed by atoms with van der Waals surface area (Å²) in [7, 11) is 0. The normalized spacial score (nSPS) is 20.0. The Morgan fingerprint density at radius 1 is 0.867 bits per heavy atom. The van der Waals surface area contributed by atoms with E-state index in [-0.39, 0.29) is 0 Å². The van der Waals surface area contributed by atoms with Gasteiger partial charge in [-0.1, -0.05) is 20.8 Å². The Bertz CT molecular complexity index is 160. The van der Waals surface area contributed by atoms with Gasteiger partial charge in [0.1, 0.15) is 0 Å². The van der Waals surface area contributed by atoms with E-state index in [0.717, 1.165) is 19.4 Å². The Balaban J connectivity index is 4.27. The summed E-state index contributed by atoms with van der Waals surface area (Å²) in [5, 5.41) is 19.9. The molecule has 0 saturated heterocycles. The van der Waals surface area contributed by atoms with E-state index in [1.165, 1.54) is 0 Å². The third-order valence-electron chi connectivity index (χ3n) is 3.10. The van der Waals surface area contributed by atoms with E-state index < -0.39 is 11.2 Å². The van der Waals surface area contributed by atoms with Gasteiger partial charge in [0, 0.05) is 13.1 Å². The molecule has 3 nitrogen and oxygen atoms in total. The second-order valence-electron chi connectivity index (χ2n) is 5.00. The van der Waals surface area contributed by atoms with Crippen molar-refractivity contribution in [2.75, 3.05) is 19.6 Å². The van der Waals surface area contributed by atoms with E-state index in [1.54, 1.807) is 0 Å². The number of nitrogens with zero attached hydrogens (tertiary/aromatic N) is 1. The van der Waals surface area contributed by atoms with Crippen LogP contribution in [0.4, 0.5) is 0 Å². The first-order valence-corrected chi connectivity index (χ1v) is 5.93. The van der Waals surface area contributed by atoms with Crippen LogP contribution in [0.2, 0.25) is 0 Å². The number of rotatable bonds is 7. The third kappa shape index (κ3) is 6.13. The fourth-order valence-electron chi connectivity index (χ4n) is 1.47. The van der Waals surface area contributed by atoms with E-state index in [4.69, 9.17) is 0 Å². The van der Waals surface area contributed by atoms with Crippen LogP contribution in [0, 0.1) is 0 Å². The molecule has 0 bridgehead atoms. The highest BCUT2D eigenvalue weighted by Crippen LogP contribution is 2.15. The van der Waals surface area contributed by atoms with Gasteiger partial charge in [-0.25, -0.2) is 0 Å². The molecule has 0 saturated carbocycles. The van der Waals surface area contributed by atoms with Gasteiger partial charge >= 0.3 is 0 Å². The summed E-state index contributed by atoms with van der Waals surface area (Å²) in [4.78, 5) is 2.10. The minimum absolute atomic E-state index is 0.621. The van der Waals surface area contributed by atoms with Gasteiger partial charge in [0.05, 0.1) is 11.2 Å². The Morgan fingerprint density at radius 3 is 1.40 bits per heavy atom. The van der Waals surface area contributed by atoms with Crippen LogP contribution in [0.15, 0.2) is 0 Å². The highest BCUT2D eigenvalue weighted by Gasteiger charge is 2.26. The summed E-state index contributed by atoms with van der Waals surface area (Å²) in [6, 6.07) is 0. The van der Waals surface area contributed by atoms with Crippen molar-refractivity contribution in [2.24, 2.45) is 0 Å². The van der Waals surface area contributed by atoms with E-state index in [9.17, 15) is 10.2 Å². The van der Waals surface area contributed by atoms with Gasteiger partial charge in [-0.3, -0.25) is 4.90 Å². The van der Waals surface area contributed by atoms with Gasteiger partial charge in [-0.2, -0.15) is 0 Å². The summed E-state index contributed by atoms with van der Waals surface area (Å²) in [6.45, 7) is 11.8. The highest BCUT2D eigenvalue weighted by atomic mass is 16.3. The molecule has 0 spiro atoms. The first kappa shape index (κ1) is 14.9. The smallest absolute Gasteiger partial charge is 0.0743 e. The van der Waals surface area contributed by atoms with Crippen LogP contribution in [0.1, 0.15) is 47.5 Å². The van der Waals surface area contributed by atoms with Crippen LogP contribution >= 0.6 is 0 Å². The maximum Gasteiger partial charge on any atom is 0.0743 e. The van der Waals surface area contributed by atoms with E-state index >= 15 is 0 Å². The maximum atomic E-state index is 9.97. The molecule has 0 aromatic heterocycles. The second kappa shape index (κ2) is 5.83. The minimum Gasteiger partial charge on any atom is -0.389 e. The van der Waals surface area contributed by atoms with Crippen LogP contribution in [-0.2, 0) is 0 Å². The molecule has 0 aliphatic rings. The van der Waals surface area contributed by atoms with Crippen LogP contribution in [0.3, 0.4) is 0 Å². The summed E-state index contributed by atoms with van der Waals surface area (Å²) in [6.07, 6.45) is 1.47. The van der Waals surface area contributed by atoms with Crippen molar-refractivity contribution in [3.63, 3.8) is 0 Å². The third-order valence-corrected chi connectivity index (χ3v) is 3.10. The molecule has 15 heavy (non-hydrogen) atoms. The van der Waals surface area contributed by atoms with Gasteiger partial charge < -0.3 is 10.2 Å². The monoisotopic (exact) mass is 217 g/mol. The Hall–Kier alpha value is -0.120. The quantitative estimate of drug-likeness (QED) is 0.681. The molecule has 0 radical (unpaired) electrons. The zero-order chi connectivity index (χ0) is 12.1. The van der Waals surface area contributed by atoms with Gasteiger partial charge in [0.15, 0.2) is 0 Å². The molecule has 3 heteroatoms. The standard InChI is InChI=1S/C12H27NO2/c1-6-11(4,14)9-13(8-3)10-12(5,15)7-2/h14-15H,6-10H2,1-5H3. The summed E-state index contributed by atoms with van der Waals surface area (Å²) in [5.74, 6) is 0. The summed E-state index contributed by atoms with van der Waals surface area (Å²) >= 11 is 0. The van der Waals surface area contributed by atoms with Crippen molar-refractivity contribution in [3.05, 3.63) is 0 Å². The first-order valence-electron chi connectivity index (χ1n) is 5.93. The lowest BCUT2D eigenvalue weighted by Crippen LogP contribution is -2.47. The van der Waals surface area contributed by atoms with Gasteiger partial charge in [0.2, 0.25) is 0 Å². The molecule has 0 aromatic rings. The predicted octanol–water partition coefficient (Wildman–Crippen LogP) is 1.63. The van der Waals surface area contributed by atoms with Crippen LogP contribution in [0.25, 0.3) is 0 Å². The molecule has 0 aliphatic heterocycles. The Kier molecular flexibility index (Phi) is 5.78. The molecule has 0 fully saturated rings. The molecule has 0 rings (SSSR count). The molecular formula is C12H27NO2. The van der Waals surface area contributed by atoms with Crippen LogP contribution in [-0.4, -0.2) is 45.9 Å². The fourth-order valence-corrected chi connectivity index (χ4v) is 1.47. The fraction of sp³-hybridized carbons (Fsp3) is 1.00. The minimum atomic E-state index is -0.653. The number of hydrogen-bond acceptors (Lipinski definition) is 3. The first-order chi connectivity index (χ1) is 6.76. The molecule has 2 N–H and O–H groups in total. The Morgan fingerprint density at radius 2 is 1.20 bits per heavy atom. The molecule has 0 heterocycles. The maximum absolute atomic E-state index is 9.97. The summed E-state index contributed by atoms with van der Waals surface area (Å²) in [5.41, 5.74) is -1.31. The number of aliphatic hydroxyl groups is 2. The van der Waals surface area contributed by atoms with Gasteiger partial charge in [0.25, 0.3) is 0 Å². The van der Waals surface area contributed by atoms with E-state index in [2.05, 4.69) is 11.8 Å². The van der Waals surface area contributed by atoms with Crippen LogP contribution < -0.4 is 0 Å². The highest BCUT2D eigenvalue weighted by molar-refractivity contribution is 4.81. The molecule has 0 aliphatic carbocycles. The van der Waals surface area contributed by atoms with E-state index in [0.29, 0.717) is 13.1 Å². The largest absolute Gasteiger partial charge is 0.389 e. The second-order valence-corrected chi connectivity index (χ2v) is 5.00. The molecule has 2 unspecified atom stereocenters. The van der Waals surface area contributed by atoms with Gasteiger partial charge in [-0.15, -0.1) is 0 Å². The Labute approximate surface area is 94.1 Å². The lowest BCUT2D eigenvalue weighted by Gasteiger charge is -2.34. The molecular weight excluding hydrogens is 190 g/mol. The molecule has 0 amide bonds. The van der Waals surface area contributed by atoms with Gasteiger partial charge in [-0.05, 0) is 33.2 Å². The number of likely N-dealkylation sites (N-methyl/N-ethyl adjacent to an activating group) is 1. The SMILES string of the molecule is CCN(CC(C)(O)CC)CC(C)(O)CC. The predicted molar refractivity (Wildman–Crippen MR) is 63.9 cm³/mol. The zero-order valence-electron chi connectivity index (χ0n) is 10.9. The average molecular weight is 217 g/mol. The van der Waals surface area contributed by atoms with Crippen molar-refractivity contribution in [1.82, 2.24) is 4.90 Å². The average Bonchev–Trinajstić information content (AvgIpc) is 2.16. The van der Waals surface area contributed by atoms with Crippen molar-refractivity contribution in [2.45, 2.75) is 58.7 Å².